The molecule has 0 aliphatic carbocycles. The summed E-state index contributed by atoms with van der Waals surface area (Å²) in [6.45, 7) is 4.70. The van der Waals surface area contributed by atoms with Crippen molar-refractivity contribution in [3.05, 3.63) is 23.8 Å². The van der Waals surface area contributed by atoms with Gasteiger partial charge in [0.15, 0.2) is 0 Å². The Morgan fingerprint density at radius 1 is 1.53 bits per heavy atom. The lowest BCUT2D eigenvalue weighted by molar-refractivity contribution is -0.118. The van der Waals surface area contributed by atoms with Gasteiger partial charge >= 0.3 is 0 Å². The Balaban J connectivity index is 2.27. The van der Waals surface area contributed by atoms with Crippen LogP contribution in [0.15, 0.2) is 18.2 Å². The molecule has 0 saturated carbocycles. The molecule has 0 spiro atoms. The van der Waals surface area contributed by atoms with Crippen LogP contribution in [0.5, 0.6) is 0 Å². The average Bonchev–Trinajstić information content (AvgIpc) is 2.54. The maximum Gasteiger partial charge on any atom is 0.216 e. The van der Waals surface area contributed by atoms with Crippen LogP contribution in [0.2, 0.25) is 0 Å². The predicted octanol–water partition coefficient (Wildman–Crippen LogP) is 1.06. The molecule has 1 heterocycles. The molecule has 3 N–H and O–H groups in total. The molecule has 1 amide bonds. The van der Waals surface area contributed by atoms with Gasteiger partial charge in [-0.3, -0.25) is 4.79 Å². The highest BCUT2D eigenvalue weighted by Crippen LogP contribution is 2.18. The molecule has 0 fully saturated rings. The molecule has 0 radical (unpaired) electrons. The molecular formula is C12H16N4O. The molecule has 1 aromatic heterocycles. The molecule has 0 atom stereocenters. The van der Waals surface area contributed by atoms with Gasteiger partial charge in [-0.1, -0.05) is 6.07 Å². The molecular weight excluding hydrogens is 216 g/mol. The number of nitrogen functional groups attached to an aromatic ring is 1. The Bertz CT molecular complexity index is 559. The molecule has 0 saturated heterocycles. The van der Waals surface area contributed by atoms with Crippen molar-refractivity contribution in [2.24, 2.45) is 0 Å². The third-order valence-corrected chi connectivity index (χ3v) is 2.64. The van der Waals surface area contributed by atoms with Crippen molar-refractivity contribution in [3.63, 3.8) is 0 Å². The molecule has 90 valence electrons. The van der Waals surface area contributed by atoms with Gasteiger partial charge in [-0.05, 0) is 24.6 Å². The Kier molecular flexibility index (Phi) is 2.99. The SMILES string of the molecule is CC(=O)NCCn1c(N)nc2cc(C)ccc21. The van der Waals surface area contributed by atoms with Crippen LogP contribution >= 0.6 is 0 Å². The van der Waals surface area contributed by atoms with Gasteiger partial charge in [-0.15, -0.1) is 0 Å². The summed E-state index contributed by atoms with van der Waals surface area (Å²) < 4.78 is 1.91. The number of nitrogens with zero attached hydrogens (tertiary/aromatic N) is 2. The molecule has 5 nitrogen and oxygen atoms in total. The van der Waals surface area contributed by atoms with E-state index in [1.165, 1.54) is 6.92 Å². The maximum atomic E-state index is 10.8. The first-order valence-electron chi connectivity index (χ1n) is 5.55. The highest BCUT2D eigenvalue weighted by atomic mass is 16.1. The van der Waals surface area contributed by atoms with Crippen LogP contribution in [0.25, 0.3) is 11.0 Å². The molecule has 0 aliphatic heterocycles. The van der Waals surface area contributed by atoms with Crippen LogP contribution in [0.3, 0.4) is 0 Å². The molecule has 2 rings (SSSR count). The van der Waals surface area contributed by atoms with E-state index >= 15 is 0 Å². The number of amides is 1. The summed E-state index contributed by atoms with van der Waals surface area (Å²) in [5.41, 5.74) is 8.91. The second-order valence-corrected chi connectivity index (χ2v) is 4.10. The van der Waals surface area contributed by atoms with E-state index < -0.39 is 0 Å². The number of fused-ring (bicyclic) bond motifs is 1. The summed E-state index contributed by atoms with van der Waals surface area (Å²) in [6, 6.07) is 6.03. The molecule has 2 aromatic rings. The smallest absolute Gasteiger partial charge is 0.216 e. The van der Waals surface area contributed by atoms with Crippen molar-refractivity contribution in [2.75, 3.05) is 12.3 Å². The maximum absolute atomic E-state index is 10.8. The van der Waals surface area contributed by atoms with Crippen LogP contribution < -0.4 is 11.1 Å². The highest BCUT2D eigenvalue weighted by Gasteiger charge is 2.07. The second kappa shape index (κ2) is 4.45. The number of imidazole rings is 1. The first-order chi connectivity index (χ1) is 8.08. The number of benzene rings is 1. The van der Waals surface area contributed by atoms with E-state index in [0.29, 0.717) is 19.0 Å². The number of carbonyl (C=O) groups is 1. The number of nitrogens with two attached hydrogens (primary N) is 1. The fourth-order valence-electron chi connectivity index (χ4n) is 1.84. The van der Waals surface area contributed by atoms with Crippen molar-refractivity contribution >= 4 is 22.9 Å². The van der Waals surface area contributed by atoms with Gasteiger partial charge in [0.1, 0.15) is 0 Å². The number of aromatic nitrogens is 2. The van der Waals surface area contributed by atoms with Crippen LogP contribution in [0, 0.1) is 6.92 Å². The fourth-order valence-corrected chi connectivity index (χ4v) is 1.84. The molecule has 0 unspecified atom stereocenters. The van der Waals surface area contributed by atoms with Crippen molar-refractivity contribution in [2.45, 2.75) is 20.4 Å². The zero-order valence-corrected chi connectivity index (χ0v) is 10.0. The third kappa shape index (κ3) is 2.38. The van der Waals surface area contributed by atoms with E-state index in [9.17, 15) is 4.79 Å². The minimum atomic E-state index is -0.0381. The largest absolute Gasteiger partial charge is 0.369 e. The van der Waals surface area contributed by atoms with Gasteiger partial charge in [0.05, 0.1) is 11.0 Å². The lowest BCUT2D eigenvalue weighted by Gasteiger charge is -2.06. The Morgan fingerprint density at radius 3 is 3.00 bits per heavy atom. The minimum Gasteiger partial charge on any atom is -0.369 e. The van der Waals surface area contributed by atoms with E-state index in [1.54, 1.807) is 0 Å². The second-order valence-electron chi connectivity index (χ2n) is 4.10. The topological polar surface area (TPSA) is 72.9 Å². The Morgan fingerprint density at radius 2 is 2.29 bits per heavy atom. The fraction of sp³-hybridized carbons (Fsp3) is 0.333. The number of rotatable bonds is 3. The lowest BCUT2D eigenvalue weighted by atomic mass is 10.2. The average molecular weight is 232 g/mol. The summed E-state index contributed by atoms with van der Waals surface area (Å²) in [4.78, 5) is 15.1. The molecule has 0 aliphatic rings. The van der Waals surface area contributed by atoms with E-state index in [0.717, 1.165) is 16.6 Å². The summed E-state index contributed by atoms with van der Waals surface area (Å²) in [5.74, 6) is 0.444. The van der Waals surface area contributed by atoms with Crippen molar-refractivity contribution in [1.82, 2.24) is 14.9 Å². The molecule has 1 aromatic carbocycles. The summed E-state index contributed by atoms with van der Waals surface area (Å²) >= 11 is 0. The zero-order valence-electron chi connectivity index (χ0n) is 10.0. The van der Waals surface area contributed by atoms with Crippen LogP contribution in [0.4, 0.5) is 5.95 Å². The van der Waals surface area contributed by atoms with Gasteiger partial charge in [0, 0.05) is 20.0 Å². The summed E-state index contributed by atoms with van der Waals surface area (Å²) in [7, 11) is 0. The zero-order chi connectivity index (χ0) is 12.4. The minimum absolute atomic E-state index is 0.0381. The van der Waals surface area contributed by atoms with Gasteiger partial charge in [0.2, 0.25) is 11.9 Å². The number of anilines is 1. The predicted molar refractivity (Wildman–Crippen MR) is 67.6 cm³/mol. The number of hydrogen-bond donors (Lipinski definition) is 2. The Labute approximate surface area is 99.6 Å². The number of carbonyl (C=O) groups excluding carboxylic acids is 1. The van der Waals surface area contributed by atoms with Gasteiger partial charge in [0.25, 0.3) is 0 Å². The van der Waals surface area contributed by atoms with Gasteiger partial charge in [-0.25, -0.2) is 4.98 Å². The first-order valence-corrected chi connectivity index (χ1v) is 5.55. The van der Waals surface area contributed by atoms with Gasteiger partial charge in [-0.2, -0.15) is 0 Å². The quantitative estimate of drug-likeness (QED) is 0.831. The highest BCUT2D eigenvalue weighted by molar-refractivity contribution is 5.79. The standard InChI is InChI=1S/C12H16N4O/c1-8-3-4-11-10(7-8)15-12(13)16(11)6-5-14-9(2)17/h3-4,7H,5-6H2,1-2H3,(H2,13,15)(H,14,17). The number of hydrogen-bond acceptors (Lipinski definition) is 3. The molecule has 0 bridgehead atoms. The van der Waals surface area contributed by atoms with Gasteiger partial charge < -0.3 is 15.6 Å². The Hall–Kier alpha value is -2.04. The molecule has 17 heavy (non-hydrogen) atoms. The lowest BCUT2D eigenvalue weighted by Crippen LogP contribution is -2.24. The van der Waals surface area contributed by atoms with Crippen molar-refractivity contribution in [3.8, 4) is 0 Å². The normalized spacial score (nSPS) is 10.7. The van der Waals surface area contributed by atoms with Crippen molar-refractivity contribution in [1.29, 1.82) is 0 Å². The molecule has 5 heteroatoms. The monoisotopic (exact) mass is 232 g/mol. The van der Waals surface area contributed by atoms with Crippen LogP contribution in [0.1, 0.15) is 12.5 Å². The number of nitrogens with one attached hydrogen (secondary N) is 1. The summed E-state index contributed by atoms with van der Waals surface area (Å²) in [5, 5.41) is 2.74. The third-order valence-electron chi connectivity index (χ3n) is 2.64. The van der Waals surface area contributed by atoms with E-state index in [1.807, 2.05) is 29.7 Å². The number of aryl methyl sites for hydroxylation is 1. The van der Waals surface area contributed by atoms with E-state index in [-0.39, 0.29) is 5.91 Å². The van der Waals surface area contributed by atoms with Crippen LogP contribution in [-0.4, -0.2) is 22.0 Å². The van der Waals surface area contributed by atoms with Crippen LogP contribution in [-0.2, 0) is 11.3 Å². The summed E-state index contributed by atoms with van der Waals surface area (Å²) in [6.07, 6.45) is 0. The van der Waals surface area contributed by atoms with Crippen molar-refractivity contribution < 1.29 is 4.79 Å². The van der Waals surface area contributed by atoms with E-state index in [4.69, 9.17) is 5.73 Å². The van der Waals surface area contributed by atoms with E-state index in [2.05, 4.69) is 10.3 Å². The first kappa shape index (κ1) is 11.4.